The van der Waals surface area contributed by atoms with Gasteiger partial charge in [0.05, 0.1) is 12.3 Å². The maximum Gasteiger partial charge on any atom is 0.0730 e. The van der Waals surface area contributed by atoms with Gasteiger partial charge >= 0.3 is 0 Å². The third kappa shape index (κ3) is 3.16. The predicted octanol–water partition coefficient (Wildman–Crippen LogP) is 1.27. The molecule has 1 atom stereocenters. The van der Waals surface area contributed by atoms with Crippen molar-refractivity contribution in [3.05, 3.63) is 12.4 Å². The van der Waals surface area contributed by atoms with Gasteiger partial charge in [-0.25, -0.2) is 0 Å². The first kappa shape index (κ1) is 10.1. The lowest BCUT2D eigenvalue weighted by Crippen LogP contribution is -2.10. The smallest absolute Gasteiger partial charge is 0.0730 e. The number of aliphatic hydroxyl groups excluding tert-OH is 1. The van der Waals surface area contributed by atoms with Crippen molar-refractivity contribution in [1.82, 2.24) is 9.78 Å². The molecule has 0 spiro atoms. The lowest BCUT2D eigenvalue weighted by Gasteiger charge is -2.03. The summed E-state index contributed by atoms with van der Waals surface area (Å²) in [7, 11) is 1.88. The standard InChI is InChI=1S/C7H11BrN2OS/c1-10-4-7(3-9-10)12-5-6(11)2-8/h3-4,6,11H,2,5H2,1H3. The molecule has 1 N–H and O–H groups in total. The van der Waals surface area contributed by atoms with Crippen molar-refractivity contribution in [3.8, 4) is 0 Å². The highest BCUT2D eigenvalue weighted by molar-refractivity contribution is 9.09. The molecule has 5 heteroatoms. The zero-order chi connectivity index (χ0) is 8.97. The molecule has 12 heavy (non-hydrogen) atoms. The fourth-order valence-corrected chi connectivity index (χ4v) is 2.09. The number of rotatable bonds is 4. The maximum absolute atomic E-state index is 9.23. The van der Waals surface area contributed by atoms with Gasteiger partial charge in [0, 0.05) is 29.2 Å². The Morgan fingerprint density at radius 3 is 3.08 bits per heavy atom. The van der Waals surface area contributed by atoms with Gasteiger partial charge in [-0.3, -0.25) is 4.68 Å². The molecule has 0 aliphatic heterocycles. The van der Waals surface area contributed by atoms with Crippen LogP contribution in [0.1, 0.15) is 0 Å². The molecule has 1 heterocycles. The van der Waals surface area contributed by atoms with Crippen LogP contribution in [0.25, 0.3) is 0 Å². The Hall–Kier alpha value is -0.0000000000000000555. The van der Waals surface area contributed by atoms with Crippen LogP contribution < -0.4 is 0 Å². The number of hydrogen-bond donors (Lipinski definition) is 1. The van der Waals surface area contributed by atoms with Crippen LogP contribution in [0.4, 0.5) is 0 Å². The Balaban J connectivity index is 2.33. The highest BCUT2D eigenvalue weighted by atomic mass is 79.9. The minimum absolute atomic E-state index is 0.282. The van der Waals surface area contributed by atoms with Gasteiger partial charge in [0.2, 0.25) is 0 Å². The van der Waals surface area contributed by atoms with Gasteiger partial charge in [0.15, 0.2) is 0 Å². The van der Waals surface area contributed by atoms with E-state index in [4.69, 9.17) is 0 Å². The SMILES string of the molecule is Cn1cc(SCC(O)CBr)cn1. The predicted molar refractivity (Wildman–Crippen MR) is 53.7 cm³/mol. The summed E-state index contributed by atoms with van der Waals surface area (Å²) in [6, 6.07) is 0. The molecule has 0 bridgehead atoms. The van der Waals surface area contributed by atoms with Gasteiger partial charge in [-0.1, -0.05) is 15.9 Å². The molecule has 0 aliphatic rings. The van der Waals surface area contributed by atoms with E-state index in [9.17, 15) is 5.11 Å². The molecular weight excluding hydrogens is 240 g/mol. The molecule has 1 aromatic heterocycles. The van der Waals surface area contributed by atoms with Crippen LogP contribution in [0.15, 0.2) is 17.3 Å². The molecule has 0 fully saturated rings. The Labute approximate surface area is 84.3 Å². The zero-order valence-electron chi connectivity index (χ0n) is 6.77. The molecular formula is C7H11BrN2OS. The lowest BCUT2D eigenvalue weighted by atomic mass is 10.5. The van der Waals surface area contributed by atoms with Gasteiger partial charge in [-0.15, -0.1) is 11.8 Å². The number of alkyl halides is 1. The second kappa shape index (κ2) is 4.89. The van der Waals surface area contributed by atoms with E-state index in [0.29, 0.717) is 11.1 Å². The topological polar surface area (TPSA) is 38.0 Å². The van der Waals surface area contributed by atoms with Crippen molar-refractivity contribution in [2.24, 2.45) is 7.05 Å². The van der Waals surface area contributed by atoms with Crippen LogP contribution in [-0.2, 0) is 7.05 Å². The minimum Gasteiger partial charge on any atom is -0.391 e. The monoisotopic (exact) mass is 250 g/mol. The molecule has 0 saturated carbocycles. The molecule has 68 valence electrons. The number of halogens is 1. The first-order valence-corrected chi connectivity index (χ1v) is 5.68. The number of aromatic nitrogens is 2. The molecule has 1 unspecified atom stereocenters. The van der Waals surface area contributed by atoms with Gasteiger partial charge in [0.1, 0.15) is 0 Å². The summed E-state index contributed by atoms with van der Waals surface area (Å²) in [6.45, 7) is 0. The van der Waals surface area contributed by atoms with Crippen LogP contribution in [0.2, 0.25) is 0 Å². The summed E-state index contributed by atoms with van der Waals surface area (Å²) >= 11 is 4.82. The number of hydrogen-bond acceptors (Lipinski definition) is 3. The summed E-state index contributed by atoms with van der Waals surface area (Å²) in [5.41, 5.74) is 0. The fourth-order valence-electron chi connectivity index (χ4n) is 0.710. The quantitative estimate of drug-likeness (QED) is 0.646. The van der Waals surface area contributed by atoms with E-state index in [-0.39, 0.29) is 6.10 Å². The number of nitrogens with zero attached hydrogens (tertiary/aromatic N) is 2. The van der Waals surface area contributed by atoms with E-state index in [2.05, 4.69) is 21.0 Å². The largest absolute Gasteiger partial charge is 0.391 e. The van der Waals surface area contributed by atoms with Gasteiger partial charge in [-0.05, 0) is 0 Å². The number of thioether (sulfide) groups is 1. The van der Waals surface area contributed by atoms with Crippen LogP contribution in [0, 0.1) is 0 Å². The third-order valence-corrected chi connectivity index (χ3v) is 3.14. The summed E-state index contributed by atoms with van der Waals surface area (Å²) in [4.78, 5) is 1.09. The molecule has 0 aromatic carbocycles. The van der Waals surface area contributed by atoms with Crippen LogP contribution in [0.5, 0.6) is 0 Å². The van der Waals surface area contributed by atoms with Crippen LogP contribution >= 0.6 is 27.7 Å². The first-order chi connectivity index (χ1) is 5.72. The summed E-state index contributed by atoms with van der Waals surface area (Å²) < 4.78 is 1.75. The van der Waals surface area contributed by atoms with Gasteiger partial charge < -0.3 is 5.11 Å². The Bertz CT molecular complexity index is 241. The van der Waals surface area contributed by atoms with E-state index >= 15 is 0 Å². The van der Waals surface area contributed by atoms with Gasteiger partial charge in [0.25, 0.3) is 0 Å². The summed E-state index contributed by atoms with van der Waals surface area (Å²) in [5, 5.41) is 13.9. The zero-order valence-corrected chi connectivity index (χ0v) is 9.18. The molecule has 1 aromatic rings. The summed E-state index contributed by atoms with van der Waals surface area (Å²) in [6.07, 6.45) is 3.45. The van der Waals surface area contributed by atoms with Crippen molar-refractivity contribution in [1.29, 1.82) is 0 Å². The average Bonchev–Trinajstić information content (AvgIpc) is 2.47. The maximum atomic E-state index is 9.23. The second-order valence-electron chi connectivity index (χ2n) is 2.47. The van der Waals surface area contributed by atoms with Crippen molar-refractivity contribution < 1.29 is 5.11 Å². The van der Waals surface area contributed by atoms with E-state index in [1.165, 1.54) is 0 Å². The van der Waals surface area contributed by atoms with Crippen molar-refractivity contribution in [2.45, 2.75) is 11.0 Å². The third-order valence-electron chi connectivity index (χ3n) is 1.30. The fraction of sp³-hybridized carbons (Fsp3) is 0.571. The van der Waals surface area contributed by atoms with Crippen molar-refractivity contribution in [3.63, 3.8) is 0 Å². The highest BCUT2D eigenvalue weighted by Crippen LogP contribution is 2.17. The Kier molecular flexibility index (Phi) is 4.11. The summed E-state index contributed by atoms with van der Waals surface area (Å²) in [5.74, 6) is 0.705. The van der Waals surface area contributed by atoms with E-state index in [0.717, 1.165) is 4.90 Å². The molecule has 1 rings (SSSR count). The second-order valence-corrected chi connectivity index (χ2v) is 4.21. The Morgan fingerprint density at radius 1 is 1.83 bits per heavy atom. The normalized spacial score (nSPS) is 13.2. The van der Waals surface area contributed by atoms with Crippen LogP contribution in [0.3, 0.4) is 0 Å². The number of aliphatic hydroxyl groups is 1. The molecule has 0 radical (unpaired) electrons. The molecule has 0 saturated heterocycles. The molecule has 3 nitrogen and oxygen atoms in total. The molecule has 0 amide bonds. The molecule has 0 aliphatic carbocycles. The van der Waals surface area contributed by atoms with E-state index in [1.807, 2.05) is 13.2 Å². The van der Waals surface area contributed by atoms with Crippen molar-refractivity contribution >= 4 is 27.7 Å². The van der Waals surface area contributed by atoms with Gasteiger partial charge in [-0.2, -0.15) is 5.10 Å². The average molecular weight is 251 g/mol. The van der Waals surface area contributed by atoms with Crippen molar-refractivity contribution in [2.75, 3.05) is 11.1 Å². The number of aryl methyl sites for hydroxylation is 1. The van der Waals surface area contributed by atoms with E-state index in [1.54, 1.807) is 22.6 Å². The minimum atomic E-state index is -0.282. The van der Waals surface area contributed by atoms with Crippen LogP contribution in [-0.4, -0.2) is 32.1 Å². The van der Waals surface area contributed by atoms with E-state index < -0.39 is 0 Å². The first-order valence-electron chi connectivity index (χ1n) is 3.58. The Morgan fingerprint density at radius 2 is 2.58 bits per heavy atom. The highest BCUT2D eigenvalue weighted by Gasteiger charge is 2.03. The lowest BCUT2D eigenvalue weighted by molar-refractivity contribution is 0.226.